The first-order valence-corrected chi connectivity index (χ1v) is 5.72. The van der Waals surface area contributed by atoms with Gasteiger partial charge in [0.1, 0.15) is 0 Å². The van der Waals surface area contributed by atoms with Crippen molar-refractivity contribution in [1.82, 2.24) is 9.97 Å². The zero-order chi connectivity index (χ0) is 11.4. The average Bonchev–Trinajstić information content (AvgIpc) is 2.79. The molecule has 0 radical (unpaired) electrons. The largest absolute Gasteiger partial charge is 0.461 e. The summed E-state index contributed by atoms with van der Waals surface area (Å²) in [5.74, 6) is -0.379. The molecule has 5 heteroatoms. The Labute approximate surface area is 96.9 Å². The molecule has 0 amide bonds. The lowest BCUT2D eigenvalue weighted by Crippen LogP contribution is -2.06. The average molecular weight is 234 g/mol. The van der Waals surface area contributed by atoms with E-state index in [1.54, 1.807) is 24.8 Å². The van der Waals surface area contributed by atoms with Gasteiger partial charge in [-0.3, -0.25) is 4.98 Å². The summed E-state index contributed by atoms with van der Waals surface area (Å²) in [6.07, 6.45) is 3.37. The molecule has 2 aromatic rings. The number of esters is 1. The number of ether oxygens (including phenoxy) is 1. The zero-order valence-corrected chi connectivity index (χ0v) is 9.53. The van der Waals surface area contributed by atoms with Crippen molar-refractivity contribution in [3.05, 3.63) is 35.7 Å². The highest BCUT2D eigenvalue weighted by molar-refractivity contribution is 7.13. The first kappa shape index (κ1) is 10.8. The number of rotatable bonds is 3. The van der Waals surface area contributed by atoms with E-state index in [0.29, 0.717) is 12.3 Å². The monoisotopic (exact) mass is 234 g/mol. The maximum absolute atomic E-state index is 11.6. The normalized spacial score (nSPS) is 10.1. The number of thiazole rings is 1. The molecule has 4 nitrogen and oxygen atoms in total. The van der Waals surface area contributed by atoms with E-state index >= 15 is 0 Å². The SMILES string of the molecule is CCOC(=O)c1ncsc1-c1ccncc1. The van der Waals surface area contributed by atoms with Crippen molar-refractivity contribution >= 4 is 17.3 Å². The van der Waals surface area contributed by atoms with Gasteiger partial charge in [0.2, 0.25) is 0 Å². The molecule has 0 saturated heterocycles. The van der Waals surface area contributed by atoms with Crippen LogP contribution in [0.1, 0.15) is 17.4 Å². The summed E-state index contributed by atoms with van der Waals surface area (Å²) in [4.78, 5) is 20.4. The number of carbonyl (C=O) groups is 1. The van der Waals surface area contributed by atoms with Gasteiger partial charge in [0, 0.05) is 12.4 Å². The molecular weight excluding hydrogens is 224 g/mol. The summed E-state index contributed by atoms with van der Waals surface area (Å²) in [5, 5.41) is 0. The molecule has 0 bridgehead atoms. The molecule has 0 N–H and O–H groups in total. The Morgan fingerprint density at radius 3 is 2.88 bits per heavy atom. The Bertz CT molecular complexity index is 482. The fourth-order valence-electron chi connectivity index (χ4n) is 1.30. The lowest BCUT2D eigenvalue weighted by molar-refractivity contribution is 0.0521. The van der Waals surface area contributed by atoms with Crippen molar-refractivity contribution in [2.75, 3.05) is 6.61 Å². The van der Waals surface area contributed by atoms with Gasteiger partial charge in [0.25, 0.3) is 0 Å². The van der Waals surface area contributed by atoms with E-state index < -0.39 is 0 Å². The Hall–Kier alpha value is -1.75. The van der Waals surface area contributed by atoms with Crippen LogP contribution in [0, 0.1) is 0 Å². The second-order valence-corrected chi connectivity index (χ2v) is 3.84. The molecule has 0 fully saturated rings. The minimum atomic E-state index is -0.379. The highest BCUT2D eigenvalue weighted by Gasteiger charge is 2.16. The molecule has 0 aliphatic rings. The summed E-state index contributed by atoms with van der Waals surface area (Å²) in [5.41, 5.74) is 2.95. The number of hydrogen-bond acceptors (Lipinski definition) is 5. The van der Waals surface area contributed by atoms with Gasteiger partial charge in [-0.2, -0.15) is 0 Å². The number of aromatic nitrogens is 2. The summed E-state index contributed by atoms with van der Waals surface area (Å²) in [6.45, 7) is 2.13. The molecule has 2 heterocycles. The fourth-order valence-corrected chi connectivity index (χ4v) is 2.08. The third kappa shape index (κ3) is 2.09. The van der Waals surface area contributed by atoms with Gasteiger partial charge in [-0.15, -0.1) is 11.3 Å². The number of nitrogens with zero attached hydrogens (tertiary/aromatic N) is 2. The molecular formula is C11H10N2O2S. The summed E-state index contributed by atoms with van der Waals surface area (Å²) < 4.78 is 4.94. The molecule has 0 aromatic carbocycles. The van der Waals surface area contributed by atoms with Crippen LogP contribution in [0.25, 0.3) is 10.4 Å². The van der Waals surface area contributed by atoms with Crippen LogP contribution in [0.3, 0.4) is 0 Å². The van der Waals surface area contributed by atoms with Crippen molar-refractivity contribution in [1.29, 1.82) is 0 Å². The summed E-state index contributed by atoms with van der Waals surface area (Å²) in [6, 6.07) is 3.69. The third-order valence-corrected chi connectivity index (χ3v) is 2.85. The van der Waals surface area contributed by atoms with Crippen LogP contribution in [0.4, 0.5) is 0 Å². The Morgan fingerprint density at radius 2 is 2.19 bits per heavy atom. The van der Waals surface area contributed by atoms with E-state index in [1.807, 2.05) is 12.1 Å². The molecule has 0 saturated carbocycles. The second kappa shape index (κ2) is 4.85. The van der Waals surface area contributed by atoms with Gasteiger partial charge < -0.3 is 4.74 Å². The molecule has 82 valence electrons. The van der Waals surface area contributed by atoms with Crippen LogP contribution in [0.2, 0.25) is 0 Å². The van der Waals surface area contributed by atoms with Gasteiger partial charge in [-0.25, -0.2) is 9.78 Å². The summed E-state index contributed by atoms with van der Waals surface area (Å²) >= 11 is 1.42. The highest BCUT2D eigenvalue weighted by Crippen LogP contribution is 2.27. The fraction of sp³-hybridized carbons (Fsp3) is 0.182. The van der Waals surface area contributed by atoms with E-state index in [2.05, 4.69) is 9.97 Å². The number of hydrogen-bond donors (Lipinski definition) is 0. The minimum Gasteiger partial charge on any atom is -0.461 e. The van der Waals surface area contributed by atoms with Crippen LogP contribution in [0.5, 0.6) is 0 Å². The molecule has 0 aliphatic heterocycles. The first-order chi connectivity index (χ1) is 7.83. The van der Waals surface area contributed by atoms with Crippen LogP contribution in [0.15, 0.2) is 30.0 Å². The second-order valence-electron chi connectivity index (χ2n) is 2.99. The Balaban J connectivity index is 2.37. The standard InChI is InChI=1S/C11H10N2O2S/c1-2-15-11(14)9-10(16-7-13-9)8-3-5-12-6-4-8/h3-7H,2H2,1H3. The molecule has 16 heavy (non-hydrogen) atoms. The first-order valence-electron chi connectivity index (χ1n) is 4.84. The molecule has 2 aromatic heterocycles. The third-order valence-electron chi connectivity index (χ3n) is 1.98. The highest BCUT2D eigenvalue weighted by atomic mass is 32.1. The van der Waals surface area contributed by atoms with Crippen molar-refractivity contribution in [2.24, 2.45) is 0 Å². The lowest BCUT2D eigenvalue weighted by atomic mass is 10.2. The van der Waals surface area contributed by atoms with Gasteiger partial charge in [-0.1, -0.05) is 0 Å². The van der Waals surface area contributed by atoms with Crippen LogP contribution < -0.4 is 0 Å². The number of pyridine rings is 1. The molecule has 0 atom stereocenters. The van der Waals surface area contributed by atoms with E-state index in [4.69, 9.17) is 4.74 Å². The number of carbonyl (C=O) groups excluding carboxylic acids is 1. The maximum atomic E-state index is 11.6. The predicted molar refractivity (Wildman–Crippen MR) is 61.3 cm³/mol. The van der Waals surface area contributed by atoms with E-state index in [-0.39, 0.29) is 5.97 Å². The molecule has 0 spiro atoms. The van der Waals surface area contributed by atoms with E-state index in [0.717, 1.165) is 10.4 Å². The van der Waals surface area contributed by atoms with Gasteiger partial charge in [-0.05, 0) is 24.6 Å². The van der Waals surface area contributed by atoms with E-state index in [9.17, 15) is 4.79 Å². The van der Waals surface area contributed by atoms with Crippen LogP contribution in [-0.2, 0) is 4.74 Å². The van der Waals surface area contributed by atoms with Gasteiger partial charge in [0.15, 0.2) is 5.69 Å². The molecule has 0 unspecified atom stereocenters. The van der Waals surface area contributed by atoms with Gasteiger partial charge >= 0.3 is 5.97 Å². The smallest absolute Gasteiger partial charge is 0.358 e. The lowest BCUT2D eigenvalue weighted by Gasteiger charge is -2.01. The van der Waals surface area contributed by atoms with Crippen LogP contribution in [-0.4, -0.2) is 22.5 Å². The van der Waals surface area contributed by atoms with Crippen LogP contribution >= 0.6 is 11.3 Å². The Morgan fingerprint density at radius 1 is 1.44 bits per heavy atom. The van der Waals surface area contributed by atoms with Crippen molar-refractivity contribution < 1.29 is 9.53 Å². The quantitative estimate of drug-likeness (QED) is 0.765. The Kier molecular flexibility index (Phi) is 3.26. The topological polar surface area (TPSA) is 52.1 Å². The van der Waals surface area contributed by atoms with Crippen molar-refractivity contribution in [3.8, 4) is 10.4 Å². The van der Waals surface area contributed by atoms with E-state index in [1.165, 1.54) is 11.3 Å². The zero-order valence-electron chi connectivity index (χ0n) is 8.71. The predicted octanol–water partition coefficient (Wildman–Crippen LogP) is 2.38. The van der Waals surface area contributed by atoms with Crippen molar-refractivity contribution in [3.63, 3.8) is 0 Å². The maximum Gasteiger partial charge on any atom is 0.358 e. The minimum absolute atomic E-state index is 0.353. The molecule has 2 rings (SSSR count). The van der Waals surface area contributed by atoms with Crippen molar-refractivity contribution in [2.45, 2.75) is 6.92 Å². The summed E-state index contributed by atoms with van der Waals surface area (Å²) in [7, 11) is 0. The molecule has 0 aliphatic carbocycles. The van der Waals surface area contributed by atoms with Gasteiger partial charge in [0.05, 0.1) is 17.0 Å².